The molecular formula is C23H24N4O5. The summed E-state index contributed by atoms with van der Waals surface area (Å²) < 4.78 is 5.10. The zero-order chi connectivity index (χ0) is 22.7. The van der Waals surface area contributed by atoms with Crippen LogP contribution in [-0.2, 0) is 25.6 Å². The van der Waals surface area contributed by atoms with Gasteiger partial charge < -0.3 is 24.7 Å². The summed E-state index contributed by atoms with van der Waals surface area (Å²) in [6.07, 6.45) is 1.85. The topological polar surface area (TPSA) is 101 Å². The fraction of sp³-hybridized carbons (Fsp3) is 0.304. The predicted octanol–water partition coefficient (Wildman–Crippen LogP) is 1.80. The van der Waals surface area contributed by atoms with Gasteiger partial charge in [0.15, 0.2) is 0 Å². The summed E-state index contributed by atoms with van der Waals surface area (Å²) >= 11 is 0. The molecule has 0 aliphatic carbocycles. The van der Waals surface area contributed by atoms with E-state index >= 15 is 0 Å². The number of benzene rings is 2. The highest BCUT2D eigenvalue weighted by atomic mass is 16.6. The Hall–Kier alpha value is -3.88. The van der Waals surface area contributed by atoms with Crippen molar-refractivity contribution in [3.8, 4) is 5.75 Å². The highest BCUT2D eigenvalue weighted by Crippen LogP contribution is 2.29. The molecule has 1 N–H and O–H groups in total. The Morgan fingerprint density at radius 2 is 1.97 bits per heavy atom. The Kier molecular flexibility index (Phi) is 6.07. The van der Waals surface area contributed by atoms with Crippen LogP contribution in [0.15, 0.2) is 47.6 Å². The standard InChI is InChI=1S/C23H24N4O5/c1-15-14-26(19-7-3-16(4-8-19)13-24-31-2)9-10-27(15)23(30)22(29)25-18-6-5-17-11-21(28)32-20(17)12-18/h3-8,12-13,15H,9-11,14H2,1-2H3,(H,25,29)/b24-13-/t15-/m1/s1. The lowest BCUT2D eigenvalue weighted by Gasteiger charge is -2.40. The fourth-order valence-electron chi connectivity index (χ4n) is 3.88. The number of anilines is 2. The van der Waals surface area contributed by atoms with Crippen molar-refractivity contribution in [2.24, 2.45) is 5.16 Å². The molecule has 0 aromatic heterocycles. The second-order valence-electron chi connectivity index (χ2n) is 7.73. The molecular weight excluding hydrogens is 412 g/mol. The highest BCUT2D eigenvalue weighted by Gasteiger charge is 2.31. The van der Waals surface area contributed by atoms with E-state index in [0.717, 1.165) is 16.8 Å². The molecule has 0 unspecified atom stereocenters. The van der Waals surface area contributed by atoms with Gasteiger partial charge >= 0.3 is 17.8 Å². The van der Waals surface area contributed by atoms with Crippen molar-refractivity contribution in [3.05, 3.63) is 53.6 Å². The van der Waals surface area contributed by atoms with Gasteiger partial charge in [-0.05, 0) is 30.7 Å². The molecule has 2 aliphatic heterocycles. The van der Waals surface area contributed by atoms with Crippen molar-refractivity contribution in [3.63, 3.8) is 0 Å². The summed E-state index contributed by atoms with van der Waals surface area (Å²) in [5, 5.41) is 6.36. The number of carbonyl (C=O) groups is 3. The third-order valence-corrected chi connectivity index (χ3v) is 5.53. The fourth-order valence-corrected chi connectivity index (χ4v) is 3.88. The van der Waals surface area contributed by atoms with Gasteiger partial charge in [-0.25, -0.2) is 0 Å². The van der Waals surface area contributed by atoms with Crippen LogP contribution in [0.3, 0.4) is 0 Å². The SMILES string of the molecule is CO/N=C\c1ccc(N2CCN(C(=O)C(=O)Nc3ccc4c(c3)OC(=O)C4)[C@H](C)C2)cc1. The van der Waals surface area contributed by atoms with Gasteiger partial charge in [-0.2, -0.15) is 0 Å². The number of rotatable bonds is 4. The molecule has 0 spiro atoms. The minimum atomic E-state index is -0.712. The molecule has 1 fully saturated rings. The molecule has 9 nitrogen and oxygen atoms in total. The van der Waals surface area contributed by atoms with Crippen LogP contribution >= 0.6 is 0 Å². The Morgan fingerprint density at radius 1 is 1.19 bits per heavy atom. The van der Waals surface area contributed by atoms with Crippen molar-refractivity contribution >= 4 is 35.4 Å². The van der Waals surface area contributed by atoms with Crippen molar-refractivity contribution in [1.82, 2.24) is 4.90 Å². The molecule has 32 heavy (non-hydrogen) atoms. The van der Waals surface area contributed by atoms with Gasteiger partial charge in [-0.15, -0.1) is 0 Å². The van der Waals surface area contributed by atoms with E-state index in [2.05, 4.69) is 15.4 Å². The van der Waals surface area contributed by atoms with E-state index < -0.39 is 11.8 Å². The summed E-state index contributed by atoms with van der Waals surface area (Å²) in [6.45, 7) is 3.58. The van der Waals surface area contributed by atoms with E-state index in [1.807, 2.05) is 31.2 Å². The normalized spacial score (nSPS) is 17.8. The average Bonchev–Trinajstić information content (AvgIpc) is 3.16. The third kappa shape index (κ3) is 4.56. The van der Waals surface area contributed by atoms with Crippen molar-refractivity contribution in [2.75, 3.05) is 37.0 Å². The van der Waals surface area contributed by atoms with E-state index in [1.54, 1.807) is 29.3 Å². The number of hydrogen-bond donors (Lipinski definition) is 1. The molecule has 2 heterocycles. The smallest absolute Gasteiger partial charge is 0.315 e. The van der Waals surface area contributed by atoms with Crippen molar-refractivity contribution in [1.29, 1.82) is 0 Å². The Bertz CT molecular complexity index is 1070. The summed E-state index contributed by atoms with van der Waals surface area (Å²) in [6, 6.07) is 12.7. The first-order valence-corrected chi connectivity index (χ1v) is 10.3. The summed E-state index contributed by atoms with van der Waals surface area (Å²) in [5.41, 5.74) is 3.15. The minimum Gasteiger partial charge on any atom is -0.426 e. The van der Waals surface area contributed by atoms with E-state index in [0.29, 0.717) is 31.1 Å². The molecule has 2 aliphatic rings. The Labute approximate surface area is 185 Å². The van der Waals surface area contributed by atoms with Crippen molar-refractivity contribution < 1.29 is 24.0 Å². The van der Waals surface area contributed by atoms with Crippen LogP contribution in [0.2, 0.25) is 0 Å². The number of carbonyl (C=O) groups excluding carboxylic acids is 3. The molecule has 0 bridgehead atoms. The Morgan fingerprint density at radius 3 is 2.69 bits per heavy atom. The van der Waals surface area contributed by atoms with E-state index in [-0.39, 0.29) is 18.4 Å². The molecule has 1 saturated heterocycles. The molecule has 4 rings (SSSR count). The van der Waals surface area contributed by atoms with E-state index in [4.69, 9.17) is 9.57 Å². The second kappa shape index (κ2) is 9.09. The number of nitrogens with zero attached hydrogens (tertiary/aromatic N) is 3. The maximum absolute atomic E-state index is 12.8. The number of fused-ring (bicyclic) bond motifs is 1. The summed E-state index contributed by atoms with van der Waals surface area (Å²) in [5.74, 6) is -1.21. The van der Waals surface area contributed by atoms with Crippen molar-refractivity contribution in [2.45, 2.75) is 19.4 Å². The third-order valence-electron chi connectivity index (χ3n) is 5.53. The van der Waals surface area contributed by atoms with Gasteiger partial charge in [0.05, 0.1) is 12.6 Å². The number of amides is 2. The van der Waals surface area contributed by atoms with Crippen LogP contribution in [0.5, 0.6) is 5.75 Å². The number of nitrogens with one attached hydrogen (secondary N) is 1. The Balaban J connectivity index is 1.35. The molecule has 2 amide bonds. The molecule has 1 atom stereocenters. The maximum atomic E-state index is 12.8. The van der Waals surface area contributed by atoms with Gasteiger partial charge in [0.2, 0.25) is 0 Å². The number of esters is 1. The number of ether oxygens (including phenoxy) is 1. The van der Waals surface area contributed by atoms with Crippen LogP contribution in [-0.4, -0.2) is 61.7 Å². The van der Waals surface area contributed by atoms with Gasteiger partial charge in [0.1, 0.15) is 12.9 Å². The van der Waals surface area contributed by atoms with Crippen LogP contribution in [0.1, 0.15) is 18.1 Å². The van der Waals surface area contributed by atoms with Crippen LogP contribution in [0, 0.1) is 0 Å². The molecule has 0 saturated carbocycles. The molecule has 2 aromatic carbocycles. The zero-order valence-corrected chi connectivity index (χ0v) is 17.9. The zero-order valence-electron chi connectivity index (χ0n) is 17.9. The molecule has 166 valence electrons. The quantitative estimate of drug-likeness (QED) is 0.258. The minimum absolute atomic E-state index is 0.141. The van der Waals surface area contributed by atoms with Gasteiger partial charge in [-0.1, -0.05) is 23.4 Å². The lowest BCUT2D eigenvalue weighted by Crippen LogP contribution is -2.56. The average molecular weight is 436 g/mol. The monoisotopic (exact) mass is 436 g/mol. The first-order chi connectivity index (χ1) is 15.4. The van der Waals surface area contributed by atoms with Gasteiger partial charge in [0.25, 0.3) is 0 Å². The summed E-state index contributed by atoms with van der Waals surface area (Å²) in [7, 11) is 1.50. The molecule has 0 radical (unpaired) electrons. The van der Waals surface area contributed by atoms with Gasteiger partial charge in [0, 0.05) is 48.7 Å². The lowest BCUT2D eigenvalue weighted by molar-refractivity contribution is -0.144. The highest BCUT2D eigenvalue weighted by molar-refractivity contribution is 6.39. The summed E-state index contributed by atoms with van der Waals surface area (Å²) in [4.78, 5) is 45.2. The van der Waals surface area contributed by atoms with Crippen LogP contribution in [0.25, 0.3) is 0 Å². The maximum Gasteiger partial charge on any atom is 0.315 e. The first-order valence-electron chi connectivity index (χ1n) is 10.3. The van der Waals surface area contributed by atoms with Crippen LogP contribution in [0.4, 0.5) is 11.4 Å². The van der Waals surface area contributed by atoms with E-state index in [9.17, 15) is 14.4 Å². The molecule has 9 heteroatoms. The first kappa shape index (κ1) is 21.4. The largest absolute Gasteiger partial charge is 0.426 e. The predicted molar refractivity (Wildman–Crippen MR) is 119 cm³/mol. The second-order valence-corrected chi connectivity index (χ2v) is 7.73. The van der Waals surface area contributed by atoms with E-state index in [1.165, 1.54) is 7.11 Å². The number of piperazine rings is 1. The molecule has 2 aromatic rings. The number of hydrogen-bond acceptors (Lipinski definition) is 7. The number of oxime groups is 1. The lowest BCUT2D eigenvalue weighted by atomic mass is 10.1. The van der Waals surface area contributed by atoms with Gasteiger partial charge in [-0.3, -0.25) is 14.4 Å². The van der Waals surface area contributed by atoms with Crippen LogP contribution < -0.4 is 15.0 Å².